The number of nitrogens with zero attached hydrogens (tertiary/aromatic N) is 2. The van der Waals surface area contributed by atoms with Crippen molar-refractivity contribution in [2.75, 3.05) is 0 Å². The molecule has 4 nitrogen and oxygen atoms in total. The highest BCUT2D eigenvalue weighted by molar-refractivity contribution is 8.00. The maximum atomic E-state index is 11.5. The third kappa shape index (κ3) is 3.04. The monoisotopic (exact) mass is 245 g/mol. The summed E-state index contributed by atoms with van der Waals surface area (Å²) in [6.45, 7) is 0. The van der Waals surface area contributed by atoms with Crippen LogP contribution in [0.3, 0.4) is 0 Å². The summed E-state index contributed by atoms with van der Waals surface area (Å²) in [4.78, 5) is 19.6. The Kier molecular flexibility index (Phi) is 3.72. The van der Waals surface area contributed by atoms with Gasteiger partial charge in [-0.1, -0.05) is 42.1 Å². The molecule has 0 aliphatic carbocycles. The van der Waals surface area contributed by atoms with Gasteiger partial charge in [-0.25, -0.2) is 9.97 Å². The van der Waals surface area contributed by atoms with Gasteiger partial charge in [0.1, 0.15) is 5.25 Å². The van der Waals surface area contributed by atoms with E-state index >= 15 is 0 Å². The standard InChI is InChI=1S/C12H11N3OS/c13-11(16)10(9-5-2-1-3-6-9)17-12-14-7-4-8-15-12/h1-8,10H,(H2,13,16). The molecule has 17 heavy (non-hydrogen) atoms. The van der Waals surface area contributed by atoms with E-state index in [1.807, 2.05) is 30.3 Å². The summed E-state index contributed by atoms with van der Waals surface area (Å²) in [5.74, 6) is -0.395. The second kappa shape index (κ2) is 5.45. The SMILES string of the molecule is NC(=O)C(Sc1ncccn1)c1ccccc1. The van der Waals surface area contributed by atoms with Crippen molar-refractivity contribution < 1.29 is 4.79 Å². The lowest BCUT2D eigenvalue weighted by Gasteiger charge is -2.11. The van der Waals surface area contributed by atoms with Crippen LogP contribution in [0, 0.1) is 0 Å². The summed E-state index contributed by atoms with van der Waals surface area (Å²) in [5.41, 5.74) is 6.26. The Hall–Kier alpha value is -1.88. The minimum Gasteiger partial charge on any atom is -0.368 e. The first kappa shape index (κ1) is 11.6. The molecule has 1 aromatic carbocycles. The van der Waals surface area contributed by atoms with Crippen LogP contribution in [-0.4, -0.2) is 15.9 Å². The second-order valence-electron chi connectivity index (χ2n) is 3.34. The van der Waals surface area contributed by atoms with Gasteiger partial charge in [0.2, 0.25) is 5.91 Å². The minimum absolute atomic E-state index is 0.395. The molecule has 0 spiro atoms. The average molecular weight is 245 g/mol. The first-order valence-corrected chi connectivity index (χ1v) is 5.93. The van der Waals surface area contributed by atoms with Crippen LogP contribution in [0.1, 0.15) is 10.8 Å². The van der Waals surface area contributed by atoms with Crippen molar-refractivity contribution in [3.63, 3.8) is 0 Å². The fourth-order valence-corrected chi connectivity index (χ4v) is 2.23. The summed E-state index contributed by atoms with van der Waals surface area (Å²) in [6.07, 6.45) is 3.27. The van der Waals surface area contributed by atoms with Crippen LogP contribution in [0.25, 0.3) is 0 Å². The quantitative estimate of drug-likeness (QED) is 0.658. The van der Waals surface area contributed by atoms with Crippen molar-refractivity contribution in [3.8, 4) is 0 Å². The number of benzene rings is 1. The molecule has 0 fully saturated rings. The molecule has 0 aliphatic rings. The third-order valence-electron chi connectivity index (χ3n) is 2.13. The Morgan fingerprint density at radius 3 is 2.35 bits per heavy atom. The van der Waals surface area contributed by atoms with E-state index in [0.29, 0.717) is 5.16 Å². The molecule has 1 heterocycles. The van der Waals surface area contributed by atoms with Crippen LogP contribution in [0.15, 0.2) is 53.9 Å². The molecule has 1 atom stereocenters. The zero-order chi connectivity index (χ0) is 12.1. The van der Waals surface area contributed by atoms with Gasteiger partial charge in [0.25, 0.3) is 0 Å². The van der Waals surface area contributed by atoms with E-state index in [1.165, 1.54) is 11.8 Å². The molecular formula is C12H11N3OS. The third-order valence-corrected chi connectivity index (χ3v) is 3.29. The zero-order valence-electron chi connectivity index (χ0n) is 8.98. The van der Waals surface area contributed by atoms with Crippen molar-refractivity contribution in [2.24, 2.45) is 5.73 Å². The maximum Gasteiger partial charge on any atom is 0.235 e. The van der Waals surface area contributed by atoms with E-state index in [2.05, 4.69) is 9.97 Å². The van der Waals surface area contributed by atoms with Gasteiger partial charge in [0, 0.05) is 12.4 Å². The molecule has 0 radical (unpaired) electrons. The van der Waals surface area contributed by atoms with E-state index in [9.17, 15) is 4.79 Å². The predicted octanol–water partition coefficient (Wildman–Crippen LogP) is 1.80. The first-order chi connectivity index (χ1) is 8.27. The lowest BCUT2D eigenvalue weighted by Crippen LogP contribution is -2.19. The molecule has 1 unspecified atom stereocenters. The van der Waals surface area contributed by atoms with Crippen LogP contribution >= 0.6 is 11.8 Å². The first-order valence-electron chi connectivity index (χ1n) is 5.05. The molecule has 2 aromatic rings. The number of thioether (sulfide) groups is 1. The van der Waals surface area contributed by atoms with Gasteiger partial charge in [-0.15, -0.1) is 0 Å². The number of nitrogens with two attached hydrogens (primary N) is 1. The van der Waals surface area contributed by atoms with E-state index in [4.69, 9.17) is 5.73 Å². The van der Waals surface area contributed by atoms with Crippen LogP contribution < -0.4 is 5.73 Å². The fourth-order valence-electron chi connectivity index (χ4n) is 1.37. The number of amides is 1. The highest BCUT2D eigenvalue weighted by Crippen LogP contribution is 2.32. The van der Waals surface area contributed by atoms with Crippen LogP contribution in [-0.2, 0) is 4.79 Å². The minimum atomic E-state index is -0.460. The molecule has 0 aliphatic heterocycles. The lowest BCUT2D eigenvalue weighted by atomic mass is 10.1. The van der Waals surface area contributed by atoms with Crippen molar-refractivity contribution >= 4 is 17.7 Å². The molecule has 0 bridgehead atoms. The summed E-state index contributed by atoms with van der Waals surface area (Å²) in [6, 6.07) is 11.1. The molecule has 0 saturated carbocycles. The number of hydrogen-bond donors (Lipinski definition) is 1. The van der Waals surface area contributed by atoms with Crippen LogP contribution in [0.5, 0.6) is 0 Å². The van der Waals surface area contributed by atoms with Crippen molar-refractivity contribution in [3.05, 3.63) is 54.4 Å². The maximum absolute atomic E-state index is 11.5. The molecule has 0 saturated heterocycles. The summed E-state index contributed by atoms with van der Waals surface area (Å²) in [7, 11) is 0. The Morgan fingerprint density at radius 2 is 1.76 bits per heavy atom. The van der Waals surface area contributed by atoms with E-state index < -0.39 is 11.2 Å². The number of hydrogen-bond acceptors (Lipinski definition) is 4. The van der Waals surface area contributed by atoms with E-state index in [1.54, 1.807) is 18.5 Å². The Labute approximate surface area is 103 Å². The van der Waals surface area contributed by atoms with Gasteiger partial charge < -0.3 is 5.73 Å². The molecule has 1 amide bonds. The Morgan fingerprint density at radius 1 is 1.12 bits per heavy atom. The molecule has 2 N–H and O–H groups in total. The lowest BCUT2D eigenvalue weighted by molar-refractivity contribution is -0.117. The highest BCUT2D eigenvalue weighted by atomic mass is 32.2. The van der Waals surface area contributed by atoms with Gasteiger partial charge in [0.05, 0.1) is 0 Å². The van der Waals surface area contributed by atoms with E-state index in [0.717, 1.165) is 5.56 Å². The molecule has 2 rings (SSSR count). The predicted molar refractivity (Wildman–Crippen MR) is 66.3 cm³/mol. The molecule has 5 heteroatoms. The summed E-state index contributed by atoms with van der Waals surface area (Å²) < 4.78 is 0. The normalized spacial score (nSPS) is 12.0. The zero-order valence-corrected chi connectivity index (χ0v) is 9.80. The number of aromatic nitrogens is 2. The van der Waals surface area contributed by atoms with Gasteiger partial charge in [-0.2, -0.15) is 0 Å². The summed E-state index contributed by atoms with van der Waals surface area (Å²) in [5, 5.41) is 0.0822. The Bertz CT molecular complexity index is 490. The van der Waals surface area contributed by atoms with Gasteiger partial charge in [-0.05, 0) is 11.6 Å². The largest absolute Gasteiger partial charge is 0.368 e. The van der Waals surface area contributed by atoms with Crippen molar-refractivity contribution in [2.45, 2.75) is 10.4 Å². The number of carbonyl (C=O) groups excluding carboxylic acids is 1. The molecule has 1 aromatic heterocycles. The Balaban J connectivity index is 2.23. The van der Waals surface area contributed by atoms with Gasteiger partial charge in [0.15, 0.2) is 5.16 Å². The van der Waals surface area contributed by atoms with Gasteiger partial charge >= 0.3 is 0 Å². The molecular weight excluding hydrogens is 234 g/mol. The van der Waals surface area contributed by atoms with E-state index in [-0.39, 0.29) is 0 Å². The van der Waals surface area contributed by atoms with Gasteiger partial charge in [-0.3, -0.25) is 4.79 Å². The number of primary amides is 1. The average Bonchev–Trinajstić information content (AvgIpc) is 2.38. The topological polar surface area (TPSA) is 68.9 Å². The fraction of sp³-hybridized carbons (Fsp3) is 0.0833. The molecule has 86 valence electrons. The highest BCUT2D eigenvalue weighted by Gasteiger charge is 2.20. The second-order valence-corrected chi connectivity index (χ2v) is 4.41. The number of carbonyl (C=O) groups is 1. The summed E-state index contributed by atoms with van der Waals surface area (Å²) >= 11 is 1.25. The number of rotatable bonds is 4. The van der Waals surface area contributed by atoms with Crippen LogP contribution in [0.2, 0.25) is 0 Å². The smallest absolute Gasteiger partial charge is 0.235 e. The van der Waals surface area contributed by atoms with Crippen molar-refractivity contribution in [1.29, 1.82) is 0 Å². The van der Waals surface area contributed by atoms with Crippen LogP contribution in [0.4, 0.5) is 0 Å². The van der Waals surface area contributed by atoms with Crippen molar-refractivity contribution in [1.82, 2.24) is 9.97 Å².